The van der Waals surface area contributed by atoms with E-state index in [9.17, 15) is 9.59 Å². The number of amides is 1. The van der Waals surface area contributed by atoms with Crippen LogP contribution in [0.15, 0.2) is 71.3 Å². The molecule has 4 aromatic rings. The zero-order chi connectivity index (χ0) is 20.1. The minimum atomic E-state index is -0.559. The van der Waals surface area contributed by atoms with Gasteiger partial charge >= 0.3 is 5.97 Å². The Hall–Kier alpha value is -3.94. The van der Waals surface area contributed by atoms with Gasteiger partial charge in [0.1, 0.15) is 11.3 Å². The predicted octanol–water partition coefficient (Wildman–Crippen LogP) is 2.55. The number of rotatable bonds is 7. The first-order chi connectivity index (χ1) is 14.2. The third-order valence-corrected chi connectivity index (χ3v) is 4.32. The molecule has 1 N–H and O–H groups in total. The molecule has 0 bridgehead atoms. The van der Waals surface area contributed by atoms with Crippen molar-refractivity contribution in [2.45, 2.75) is 13.1 Å². The molecule has 8 nitrogen and oxygen atoms in total. The van der Waals surface area contributed by atoms with Gasteiger partial charge in [-0.25, -0.2) is 9.48 Å². The molecule has 0 saturated carbocycles. The maximum absolute atomic E-state index is 12.1. The number of fused-ring (bicyclic) bond motifs is 1. The zero-order valence-electron chi connectivity index (χ0n) is 15.4. The van der Waals surface area contributed by atoms with E-state index >= 15 is 0 Å². The molecule has 0 atom stereocenters. The highest BCUT2D eigenvalue weighted by Crippen LogP contribution is 2.13. The Morgan fingerprint density at radius 1 is 1.03 bits per heavy atom. The molecular formula is C21H18N4O4. The highest BCUT2D eigenvalue weighted by Gasteiger charge is 2.11. The summed E-state index contributed by atoms with van der Waals surface area (Å²) in [6.07, 6.45) is 1.52. The first-order valence-electron chi connectivity index (χ1n) is 9.02. The van der Waals surface area contributed by atoms with Crippen LogP contribution < -0.4 is 5.32 Å². The zero-order valence-corrected chi connectivity index (χ0v) is 15.4. The normalized spacial score (nSPS) is 10.8. The molecule has 0 aliphatic heterocycles. The lowest BCUT2D eigenvalue weighted by atomic mass is 10.1. The van der Waals surface area contributed by atoms with Crippen molar-refractivity contribution in [1.82, 2.24) is 20.3 Å². The SMILES string of the molecule is O=C(COC(=O)c1ccc(Cn2nnc3ccccc32)cc1)NCc1ccco1. The van der Waals surface area contributed by atoms with E-state index in [1.165, 1.54) is 6.26 Å². The maximum atomic E-state index is 12.1. The summed E-state index contributed by atoms with van der Waals surface area (Å²) in [7, 11) is 0. The largest absolute Gasteiger partial charge is 0.467 e. The number of furan rings is 1. The van der Waals surface area contributed by atoms with Crippen LogP contribution in [0, 0.1) is 0 Å². The van der Waals surface area contributed by atoms with Gasteiger partial charge in [-0.15, -0.1) is 5.10 Å². The van der Waals surface area contributed by atoms with E-state index in [0.717, 1.165) is 16.6 Å². The van der Waals surface area contributed by atoms with E-state index in [0.29, 0.717) is 17.9 Å². The van der Waals surface area contributed by atoms with Crippen LogP contribution >= 0.6 is 0 Å². The second kappa shape index (κ2) is 8.39. The monoisotopic (exact) mass is 390 g/mol. The molecule has 29 heavy (non-hydrogen) atoms. The van der Waals surface area contributed by atoms with Crippen molar-refractivity contribution < 1.29 is 18.7 Å². The van der Waals surface area contributed by atoms with Gasteiger partial charge in [0, 0.05) is 0 Å². The van der Waals surface area contributed by atoms with Gasteiger partial charge in [-0.3, -0.25) is 4.79 Å². The molecule has 0 aliphatic carbocycles. The van der Waals surface area contributed by atoms with Gasteiger partial charge in [0.15, 0.2) is 6.61 Å². The summed E-state index contributed by atoms with van der Waals surface area (Å²) >= 11 is 0. The van der Waals surface area contributed by atoms with Crippen molar-refractivity contribution in [3.05, 3.63) is 83.8 Å². The second-order valence-corrected chi connectivity index (χ2v) is 6.36. The lowest BCUT2D eigenvalue weighted by Gasteiger charge is -2.07. The van der Waals surface area contributed by atoms with Gasteiger partial charge in [0.05, 0.1) is 30.4 Å². The van der Waals surface area contributed by atoms with Crippen LogP contribution in [-0.2, 0) is 22.6 Å². The Balaban J connectivity index is 1.30. The summed E-state index contributed by atoms with van der Waals surface area (Å²) in [5.74, 6) is -0.333. The Labute approximate surface area is 166 Å². The third-order valence-electron chi connectivity index (χ3n) is 4.32. The molecule has 8 heteroatoms. The summed E-state index contributed by atoms with van der Waals surface area (Å²) in [6.45, 7) is 0.423. The highest BCUT2D eigenvalue weighted by molar-refractivity contribution is 5.91. The number of hydrogen-bond donors (Lipinski definition) is 1. The number of nitrogens with zero attached hydrogens (tertiary/aromatic N) is 3. The quantitative estimate of drug-likeness (QED) is 0.487. The third kappa shape index (κ3) is 4.49. The van der Waals surface area contributed by atoms with E-state index in [2.05, 4.69) is 15.6 Å². The van der Waals surface area contributed by atoms with E-state index in [1.807, 2.05) is 36.4 Å². The maximum Gasteiger partial charge on any atom is 0.338 e. The Bertz CT molecular complexity index is 1120. The van der Waals surface area contributed by atoms with Gasteiger partial charge in [0.2, 0.25) is 0 Å². The molecule has 1 amide bonds. The number of benzene rings is 2. The standard InChI is InChI=1S/C21H18N4O4/c26-20(22-12-17-4-3-11-28-17)14-29-21(27)16-9-7-15(8-10-16)13-25-19-6-2-1-5-18(19)23-24-25/h1-11H,12-14H2,(H,22,26). The molecule has 2 heterocycles. The topological polar surface area (TPSA) is 99.3 Å². The number of esters is 1. The van der Waals surface area contributed by atoms with Crippen LogP contribution in [0.2, 0.25) is 0 Å². The molecule has 0 unspecified atom stereocenters. The highest BCUT2D eigenvalue weighted by atomic mass is 16.5. The summed E-state index contributed by atoms with van der Waals surface area (Å²) in [5.41, 5.74) is 3.11. The summed E-state index contributed by atoms with van der Waals surface area (Å²) in [6, 6.07) is 18.2. The van der Waals surface area contributed by atoms with Crippen LogP contribution in [0.5, 0.6) is 0 Å². The van der Waals surface area contributed by atoms with Gasteiger partial charge in [-0.2, -0.15) is 0 Å². The van der Waals surface area contributed by atoms with Crippen LogP contribution in [-0.4, -0.2) is 33.5 Å². The van der Waals surface area contributed by atoms with Crippen LogP contribution in [0.3, 0.4) is 0 Å². The number of carbonyl (C=O) groups is 2. The smallest absolute Gasteiger partial charge is 0.338 e. The van der Waals surface area contributed by atoms with Gasteiger partial charge in [-0.05, 0) is 42.0 Å². The molecule has 0 saturated heterocycles. The average Bonchev–Trinajstić information content (AvgIpc) is 3.41. The lowest BCUT2D eigenvalue weighted by molar-refractivity contribution is -0.124. The minimum absolute atomic E-state index is 0.245. The summed E-state index contributed by atoms with van der Waals surface area (Å²) in [5, 5.41) is 10.9. The van der Waals surface area contributed by atoms with Crippen molar-refractivity contribution in [3.8, 4) is 0 Å². The van der Waals surface area contributed by atoms with Gasteiger partial charge < -0.3 is 14.5 Å². The fourth-order valence-corrected chi connectivity index (χ4v) is 2.82. The van der Waals surface area contributed by atoms with Crippen LogP contribution in [0.4, 0.5) is 0 Å². The minimum Gasteiger partial charge on any atom is -0.467 e. The molecule has 0 fully saturated rings. The fourth-order valence-electron chi connectivity index (χ4n) is 2.82. The number of ether oxygens (including phenoxy) is 1. The Kier molecular flexibility index (Phi) is 5.33. The molecule has 0 radical (unpaired) electrons. The second-order valence-electron chi connectivity index (χ2n) is 6.36. The van der Waals surface area contributed by atoms with Gasteiger partial charge in [0.25, 0.3) is 5.91 Å². The summed E-state index contributed by atoms with van der Waals surface area (Å²) < 4.78 is 12.0. The Morgan fingerprint density at radius 3 is 2.66 bits per heavy atom. The first kappa shape index (κ1) is 18.4. The van der Waals surface area contributed by atoms with Crippen LogP contribution in [0.1, 0.15) is 21.7 Å². The van der Waals surface area contributed by atoms with Gasteiger partial charge in [-0.1, -0.05) is 29.5 Å². The molecule has 0 aliphatic rings. The predicted molar refractivity (Wildman–Crippen MR) is 104 cm³/mol. The molecule has 2 aromatic carbocycles. The molecule has 2 aromatic heterocycles. The molecule has 4 rings (SSSR count). The van der Waals surface area contributed by atoms with E-state index in [1.54, 1.807) is 28.9 Å². The summed E-state index contributed by atoms with van der Waals surface area (Å²) in [4.78, 5) is 23.9. The fraction of sp³-hybridized carbons (Fsp3) is 0.143. The van der Waals surface area contributed by atoms with Crippen molar-refractivity contribution in [3.63, 3.8) is 0 Å². The van der Waals surface area contributed by atoms with E-state index in [-0.39, 0.29) is 13.2 Å². The number of para-hydroxylation sites is 1. The van der Waals surface area contributed by atoms with Crippen molar-refractivity contribution >= 4 is 22.9 Å². The number of nitrogens with one attached hydrogen (secondary N) is 1. The number of carbonyl (C=O) groups excluding carboxylic acids is 2. The average molecular weight is 390 g/mol. The van der Waals surface area contributed by atoms with Crippen molar-refractivity contribution in [1.29, 1.82) is 0 Å². The number of aromatic nitrogens is 3. The van der Waals surface area contributed by atoms with Crippen molar-refractivity contribution in [2.75, 3.05) is 6.61 Å². The number of hydrogen-bond acceptors (Lipinski definition) is 6. The molecule has 146 valence electrons. The first-order valence-corrected chi connectivity index (χ1v) is 9.02. The lowest BCUT2D eigenvalue weighted by Crippen LogP contribution is -2.28. The molecular weight excluding hydrogens is 372 g/mol. The van der Waals surface area contributed by atoms with E-state index < -0.39 is 11.9 Å². The van der Waals surface area contributed by atoms with Crippen molar-refractivity contribution in [2.24, 2.45) is 0 Å². The molecule has 0 spiro atoms. The Morgan fingerprint density at radius 2 is 1.86 bits per heavy atom. The van der Waals surface area contributed by atoms with E-state index in [4.69, 9.17) is 9.15 Å². The van der Waals surface area contributed by atoms with Crippen LogP contribution in [0.25, 0.3) is 11.0 Å².